The van der Waals surface area contributed by atoms with Gasteiger partial charge in [-0.3, -0.25) is 9.13 Å². The molecule has 0 spiro atoms. The van der Waals surface area contributed by atoms with Crippen LogP contribution in [0.5, 0.6) is 0 Å². The molecule has 90 valence electrons. The molecule has 9 heteroatoms. The summed E-state index contributed by atoms with van der Waals surface area (Å²) in [7, 11) is -9.58. The van der Waals surface area contributed by atoms with Crippen LogP contribution in [-0.2, 0) is 9.13 Å². The minimum Gasteiger partial charge on any atom is -0.324 e. The van der Waals surface area contributed by atoms with Crippen molar-refractivity contribution >= 4 is 15.2 Å². The third-order valence-electron chi connectivity index (χ3n) is 2.40. The van der Waals surface area contributed by atoms with E-state index in [1.165, 1.54) is 0 Å². The van der Waals surface area contributed by atoms with Crippen molar-refractivity contribution in [3.63, 3.8) is 0 Å². The maximum atomic E-state index is 11.0. The predicted octanol–water partition coefficient (Wildman–Crippen LogP) is -0.190. The van der Waals surface area contributed by atoms with Crippen molar-refractivity contribution in [2.24, 2.45) is 0 Å². The smallest absolute Gasteiger partial charge is 0.324 e. The van der Waals surface area contributed by atoms with E-state index in [1.54, 1.807) is 0 Å². The van der Waals surface area contributed by atoms with Crippen LogP contribution in [0.2, 0.25) is 0 Å². The summed E-state index contributed by atoms with van der Waals surface area (Å²) in [5.74, 6) is 0. The molecule has 1 heterocycles. The third kappa shape index (κ3) is 3.64. The normalized spacial score (nSPS) is 24.5. The maximum Gasteiger partial charge on any atom is 0.342 e. The summed E-state index contributed by atoms with van der Waals surface area (Å²) in [4.78, 5) is 35.8. The summed E-state index contributed by atoms with van der Waals surface area (Å²) in [6.07, 6.45) is 1.95. The van der Waals surface area contributed by atoms with Crippen molar-refractivity contribution in [1.82, 2.24) is 5.32 Å². The van der Waals surface area contributed by atoms with E-state index in [9.17, 15) is 9.13 Å². The fraction of sp³-hybridized carbons (Fsp3) is 1.00. The second-order valence-corrected chi connectivity index (χ2v) is 7.52. The summed E-state index contributed by atoms with van der Waals surface area (Å²) < 4.78 is 22.1. The van der Waals surface area contributed by atoms with Gasteiger partial charge in [0.25, 0.3) is 0 Å². The lowest BCUT2D eigenvalue weighted by Crippen LogP contribution is -2.42. The highest BCUT2D eigenvalue weighted by molar-refractivity contribution is 7.71. The molecule has 1 fully saturated rings. The zero-order valence-corrected chi connectivity index (χ0v) is 9.77. The van der Waals surface area contributed by atoms with E-state index in [1.807, 2.05) is 0 Å². The van der Waals surface area contributed by atoms with Gasteiger partial charge < -0.3 is 24.9 Å². The molecular formula is C6H15NO6P2. The summed E-state index contributed by atoms with van der Waals surface area (Å²) in [6, 6.07) is -0.805. The Morgan fingerprint density at radius 3 is 1.93 bits per heavy atom. The quantitative estimate of drug-likeness (QED) is 0.444. The second kappa shape index (κ2) is 4.63. The van der Waals surface area contributed by atoms with E-state index in [0.717, 1.165) is 6.42 Å². The summed E-state index contributed by atoms with van der Waals surface area (Å²) in [5, 5.41) is 0.836. The summed E-state index contributed by atoms with van der Waals surface area (Å²) >= 11 is 0. The van der Waals surface area contributed by atoms with E-state index in [4.69, 9.17) is 19.6 Å². The molecular weight excluding hydrogens is 244 g/mol. The Bertz CT molecular complexity index is 281. The number of nitrogens with one attached hydrogen (secondary N) is 1. The van der Waals surface area contributed by atoms with Gasteiger partial charge in [-0.05, 0) is 19.4 Å². The molecule has 1 unspecified atom stereocenters. The molecule has 0 aliphatic carbocycles. The molecule has 5 N–H and O–H groups in total. The third-order valence-corrected chi connectivity index (χ3v) is 6.30. The highest BCUT2D eigenvalue weighted by Crippen LogP contribution is 2.61. The van der Waals surface area contributed by atoms with Crippen molar-refractivity contribution < 1.29 is 28.7 Å². The molecule has 1 aliphatic rings. The van der Waals surface area contributed by atoms with Gasteiger partial charge in [0.15, 0.2) is 5.40 Å². The van der Waals surface area contributed by atoms with Crippen LogP contribution in [0.25, 0.3) is 0 Å². The zero-order chi connectivity index (χ0) is 11.7. The molecule has 0 aromatic carbocycles. The number of piperidine rings is 1. The average Bonchev–Trinajstić information content (AvgIpc) is 2.00. The van der Waals surface area contributed by atoms with Crippen molar-refractivity contribution in [2.75, 3.05) is 6.54 Å². The van der Waals surface area contributed by atoms with Crippen LogP contribution in [0, 0.1) is 0 Å². The maximum absolute atomic E-state index is 11.0. The van der Waals surface area contributed by atoms with Gasteiger partial charge in [-0.25, -0.2) is 0 Å². The van der Waals surface area contributed by atoms with Gasteiger partial charge in [-0.1, -0.05) is 6.42 Å². The fourth-order valence-electron chi connectivity index (χ4n) is 1.80. The molecule has 1 aliphatic heterocycles. The van der Waals surface area contributed by atoms with Gasteiger partial charge in [-0.15, -0.1) is 0 Å². The van der Waals surface area contributed by atoms with Gasteiger partial charge in [0.05, 0.1) is 0 Å². The molecule has 0 amide bonds. The van der Waals surface area contributed by atoms with E-state index >= 15 is 0 Å². The van der Waals surface area contributed by atoms with Crippen molar-refractivity contribution in [2.45, 2.75) is 30.7 Å². The predicted molar refractivity (Wildman–Crippen MR) is 53.5 cm³/mol. The van der Waals surface area contributed by atoms with Gasteiger partial charge >= 0.3 is 15.2 Å². The van der Waals surface area contributed by atoms with Crippen molar-refractivity contribution in [3.05, 3.63) is 0 Å². The van der Waals surface area contributed by atoms with E-state index < -0.39 is 26.6 Å². The standard InChI is InChI=1S/C6H15NO6P2/c8-14(9,10)6(15(11,12)13)5-3-1-2-4-7-5/h5-7H,1-4H2,(H2,8,9,10)(H2,11,12,13). The van der Waals surface area contributed by atoms with Crippen LogP contribution in [0.3, 0.4) is 0 Å². The van der Waals surface area contributed by atoms with E-state index in [0.29, 0.717) is 19.4 Å². The Morgan fingerprint density at radius 2 is 1.60 bits per heavy atom. The number of hydrogen-bond acceptors (Lipinski definition) is 3. The van der Waals surface area contributed by atoms with Crippen LogP contribution in [-0.4, -0.2) is 37.6 Å². The first-order valence-corrected chi connectivity index (χ1v) is 7.93. The number of hydrogen-bond donors (Lipinski definition) is 5. The minimum absolute atomic E-state index is 0.376. The van der Waals surface area contributed by atoms with Crippen LogP contribution >= 0.6 is 15.2 Å². The Balaban J connectivity index is 2.91. The highest BCUT2D eigenvalue weighted by atomic mass is 31.2. The summed E-state index contributed by atoms with van der Waals surface area (Å²) in [6.45, 7) is 0.529. The first kappa shape index (κ1) is 13.3. The average molecular weight is 259 g/mol. The lowest BCUT2D eigenvalue weighted by Gasteiger charge is -2.31. The van der Waals surface area contributed by atoms with Gasteiger partial charge in [0, 0.05) is 6.04 Å². The molecule has 0 saturated carbocycles. The minimum atomic E-state index is -4.79. The lowest BCUT2D eigenvalue weighted by atomic mass is 10.1. The van der Waals surface area contributed by atoms with E-state index in [-0.39, 0.29) is 0 Å². The number of rotatable bonds is 3. The Labute approximate surface area is 87.2 Å². The Morgan fingerprint density at radius 1 is 1.07 bits per heavy atom. The van der Waals surface area contributed by atoms with Crippen LogP contribution < -0.4 is 5.32 Å². The molecule has 15 heavy (non-hydrogen) atoms. The highest BCUT2D eigenvalue weighted by Gasteiger charge is 2.48. The molecule has 0 aromatic rings. The second-order valence-electron chi connectivity index (χ2n) is 3.65. The van der Waals surface area contributed by atoms with Gasteiger partial charge in [-0.2, -0.15) is 0 Å². The van der Waals surface area contributed by atoms with Crippen molar-refractivity contribution in [3.8, 4) is 0 Å². The molecule has 0 bridgehead atoms. The molecule has 7 nitrogen and oxygen atoms in total. The van der Waals surface area contributed by atoms with E-state index in [2.05, 4.69) is 5.32 Å². The van der Waals surface area contributed by atoms with Gasteiger partial charge in [0.2, 0.25) is 0 Å². The first-order chi connectivity index (χ1) is 6.73. The molecule has 1 atom stereocenters. The van der Waals surface area contributed by atoms with Crippen LogP contribution in [0.15, 0.2) is 0 Å². The van der Waals surface area contributed by atoms with Gasteiger partial charge in [0.1, 0.15) is 0 Å². The first-order valence-electron chi connectivity index (χ1n) is 4.57. The molecule has 1 rings (SSSR count). The zero-order valence-electron chi connectivity index (χ0n) is 7.98. The largest absolute Gasteiger partial charge is 0.342 e. The monoisotopic (exact) mass is 259 g/mol. The van der Waals surface area contributed by atoms with Crippen LogP contribution in [0.1, 0.15) is 19.3 Å². The molecule has 1 saturated heterocycles. The Kier molecular flexibility index (Phi) is 4.12. The molecule has 0 radical (unpaired) electrons. The van der Waals surface area contributed by atoms with Crippen LogP contribution in [0.4, 0.5) is 0 Å². The molecule has 0 aromatic heterocycles. The topological polar surface area (TPSA) is 127 Å². The SMILES string of the molecule is O=P(O)(O)C(C1CCCCN1)P(=O)(O)O. The van der Waals surface area contributed by atoms with Crippen molar-refractivity contribution in [1.29, 1.82) is 0 Å². The Hall–Kier alpha value is 0.260. The fourth-order valence-corrected chi connectivity index (χ4v) is 4.81. The summed E-state index contributed by atoms with van der Waals surface area (Å²) in [5.41, 5.74) is 0. The lowest BCUT2D eigenvalue weighted by molar-refractivity contribution is 0.305.